The standard InChI is InChI=1S/C16H14Br2O3/c17-9-15(19)11-4-6-13(7-5-11)21-14-3-1-2-12(8-14)16(20)10-18/h1-8,15,19H,9-10H2. The Morgan fingerprint density at radius 2 is 1.81 bits per heavy atom. The zero-order chi connectivity index (χ0) is 15.2. The summed E-state index contributed by atoms with van der Waals surface area (Å²) in [5, 5.41) is 10.5. The second-order valence-corrected chi connectivity index (χ2v) is 5.63. The van der Waals surface area contributed by atoms with E-state index in [1.54, 1.807) is 36.4 Å². The Morgan fingerprint density at radius 3 is 2.43 bits per heavy atom. The SMILES string of the molecule is O=C(CBr)c1cccc(Oc2ccc(C(O)CBr)cc2)c1. The molecule has 2 aromatic rings. The third kappa shape index (κ3) is 4.40. The lowest BCUT2D eigenvalue weighted by Crippen LogP contribution is -2.00. The van der Waals surface area contributed by atoms with Crippen LogP contribution in [0.2, 0.25) is 0 Å². The molecule has 21 heavy (non-hydrogen) atoms. The van der Waals surface area contributed by atoms with Crippen molar-refractivity contribution in [2.45, 2.75) is 6.10 Å². The van der Waals surface area contributed by atoms with Crippen LogP contribution in [0.1, 0.15) is 22.0 Å². The van der Waals surface area contributed by atoms with Crippen LogP contribution in [-0.2, 0) is 0 Å². The first kappa shape index (κ1) is 16.2. The summed E-state index contributed by atoms with van der Waals surface area (Å²) in [6, 6.07) is 14.3. The number of alkyl halides is 2. The fourth-order valence-corrected chi connectivity index (χ4v) is 2.49. The highest BCUT2D eigenvalue weighted by Crippen LogP contribution is 2.25. The Bertz CT molecular complexity index is 611. The Balaban J connectivity index is 2.13. The van der Waals surface area contributed by atoms with Gasteiger partial charge in [-0.3, -0.25) is 4.79 Å². The number of hydrogen-bond donors (Lipinski definition) is 1. The van der Waals surface area contributed by atoms with Gasteiger partial charge in [0.05, 0.1) is 11.4 Å². The first-order valence-corrected chi connectivity index (χ1v) is 8.59. The highest BCUT2D eigenvalue weighted by Gasteiger charge is 2.07. The molecule has 110 valence electrons. The van der Waals surface area contributed by atoms with Gasteiger partial charge in [0.25, 0.3) is 0 Å². The lowest BCUT2D eigenvalue weighted by molar-refractivity contribution is 0.102. The molecule has 0 saturated heterocycles. The zero-order valence-corrected chi connectivity index (χ0v) is 14.3. The number of benzene rings is 2. The predicted octanol–water partition coefficient (Wildman–Crippen LogP) is 4.48. The number of rotatable bonds is 6. The molecule has 5 heteroatoms. The third-order valence-corrected chi connectivity index (χ3v) is 4.05. The van der Waals surface area contributed by atoms with Crippen LogP contribution in [0.25, 0.3) is 0 Å². The van der Waals surface area contributed by atoms with Gasteiger partial charge >= 0.3 is 0 Å². The first-order valence-electron chi connectivity index (χ1n) is 6.35. The topological polar surface area (TPSA) is 46.5 Å². The molecule has 2 aromatic carbocycles. The van der Waals surface area contributed by atoms with Gasteiger partial charge in [-0.2, -0.15) is 0 Å². The highest BCUT2D eigenvalue weighted by atomic mass is 79.9. The van der Waals surface area contributed by atoms with Crippen LogP contribution in [0.3, 0.4) is 0 Å². The van der Waals surface area contributed by atoms with Crippen molar-refractivity contribution < 1.29 is 14.6 Å². The van der Waals surface area contributed by atoms with E-state index in [2.05, 4.69) is 31.9 Å². The van der Waals surface area contributed by atoms with Gasteiger partial charge in [-0.1, -0.05) is 56.1 Å². The number of ether oxygens (including phenoxy) is 1. The number of ketones is 1. The van der Waals surface area contributed by atoms with E-state index < -0.39 is 6.10 Å². The normalized spacial score (nSPS) is 12.0. The fourth-order valence-electron chi connectivity index (χ4n) is 1.79. The summed E-state index contributed by atoms with van der Waals surface area (Å²) in [6.45, 7) is 0. The van der Waals surface area contributed by atoms with E-state index in [0.717, 1.165) is 5.56 Å². The van der Waals surface area contributed by atoms with E-state index in [1.807, 2.05) is 12.1 Å². The molecule has 0 aromatic heterocycles. The van der Waals surface area contributed by atoms with Crippen LogP contribution in [0.5, 0.6) is 11.5 Å². The summed E-state index contributed by atoms with van der Waals surface area (Å²) in [5.41, 5.74) is 1.43. The van der Waals surface area contributed by atoms with E-state index in [4.69, 9.17) is 4.74 Å². The Labute approximate surface area is 140 Å². The van der Waals surface area contributed by atoms with Crippen molar-refractivity contribution in [3.05, 3.63) is 59.7 Å². The van der Waals surface area contributed by atoms with E-state index >= 15 is 0 Å². The number of aliphatic hydroxyl groups is 1. The minimum absolute atomic E-state index is 0.0104. The van der Waals surface area contributed by atoms with E-state index in [1.165, 1.54) is 0 Å². The minimum atomic E-state index is -0.529. The molecule has 0 aliphatic carbocycles. The maximum Gasteiger partial charge on any atom is 0.173 e. The van der Waals surface area contributed by atoms with Crippen molar-refractivity contribution in [1.82, 2.24) is 0 Å². The average molecular weight is 414 g/mol. The molecule has 3 nitrogen and oxygen atoms in total. The van der Waals surface area contributed by atoms with Crippen molar-refractivity contribution in [2.75, 3.05) is 10.7 Å². The fraction of sp³-hybridized carbons (Fsp3) is 0.188. The lowest BCUT2D eigenvalue weighted by Gasteiger charge is -2.10. The van der Waals surface area contributed by atoms with Gasteiger partial charge in [0, 0.05) is 10.9 Å². The molecule has 0 saturated carbocycles. The Kier molecular flexibility index (Phi) is 5.96. The summed E-state index contributed by atoms with van der Waals surface area (Å²) >= 11 is 6.39. The van der Waals surface area contributed by atoms with Gasteiger partial charge in [0.2, 0.25) is 0 Å². The summed E-state index contributed by atoms with van der Waals surface area (Å²) in [5.74, 6) is 1.27. The maximum atomic E-state index is 11.6. The molecule has 1 unspecified atom stereocenters. The number of carbonyl (C=O) groups is 1. The summed E-state index contributed by atoms with van der Waals surface area (Å²) in [7, 11) is 0. The van der Waals surface area contributed by atoms with E-state index in [0.29, 0.717) is 22.4 Å². The number of carbonyl (C=O) groups excluding carboxylic acids is 1. The minimum Gasteiger partial charge on any atom is -0.457 e. The van der Waals surface area contributed by atoms with Crippen LogP contribution >= 0.6 is 31.9 Å². The predicted molar refractivity (Wildman–Crippen MR) is 89.8 cm³/mol. The van der Waals surface area contributed by atoms with Crippen molar-refractivity contribution >= 4 is 37.6 Å². The van der Waals surface area contributed by atoms with Gasteiger partial charge < -0.3 is 9.84 Å². The number of hydrogen-bond acceptors (Lipinski definition) is 3. The van der Waals surface area contributed by atoms with Crippen LogP contribution in [-0.4, -0.2) is 21.5 Å². The highest BCUT2D eigenvalue weighted by molar-refractivity contribution is 9.09. The number of Topliss-reactive ketones (excluding diaryl/α,β-unsaturated/α-hetero) is 1. The van der Waals surface area contributed by atoms with Crippen molar-refractivity contribution in [1.29, 1.82) is 0 Å². The second-order valence-electron chi connectivity index (χ2n) is 4.43. The van der Waals surface area contributed by atoms with Gasteiger partial charge in [-0.15, -0.1) is 0 Å². The monoisotopic (exact) mass is 412 g/mol. The largest absolute Gasteiger partial charge is 0.457 e. The Hall–Kier alpha value is -1.17. The number of halogens is 2. The van der Waals surface area contributed by atoms with E-state index in [-0.39, 0.29) is 11.1 Å². The van der Waals surface area contributed by atoms with Crippen molar-refractivity contribution in [3.63, 3.8) is 0 Å². The van der Waals surface area contributed by atoms with Gasteiger partial charge in [0.1, 0.15) is 11.5 Å². The Morgan fingerprint density at radius 1 is 1.10 bits per heavy atom. The molecule has 1 N–H and O–H groups in total. The summed E-state index contributed by atoms with van der Waals surface area (Å²) in [6.07, 6.45) is -0.529. The molecule has 0 radical (unpaired) electrons. The lowest BCUT2D eigenvalue weighted by atomic mass is 10.1. The second kappa shape index (κ2) is 7.73. The molecule has 0 spiro atoms. The number of aliphatic hydroxyl groups excluding tert-OH is 1. The molecule has 0 heterocycles. The molecular formula is C16H14Br2O3. The van der Waals surface area contributed by atoms with Crippen LogP contribution in [0.4, 0.5) is 0 Å². The van der Waals surface area contributed by atoms with Crippen LogP contribution in [0.15, 0.2) is 48.5 Å². The molecule has 0 bridgehead atoms. The zero-order valence-electron chi connectivity index (χ0n) is 11.1. The molecule has 1 atom stereocenters. The van der Waals surface area contributed by atoms with Crippen molar-refractivity contribution in [2.24, 2.45) is 0 Å². The third-order valence-electron chi connectivity index (χ3n) is 2.92. The molecular weight excluding hydrogens is 400 g/mol. The maximum absolute atomic E-state index is 11.6. The van der Waals surface area contributed by atoms with Gasteiger partial charge in [-0.25, -0.2) is 0 Å². The molecule has 0 amide bonds. The molecule has 2 rings (SSSR count). The smallest absolute Gasteiger partial charge is 0.173 e. The average Bonchev–Trinajstić information content (AvgIpc) is 2.54. The molecule has 0 fully saturated rings. The summed E-state index contributed by atoms with van der Waals surface area (Å²) in [4.78, 5) is 11.6. The summed E-state index contributed by atoms with van der Waals surface area (Å²) < 4.78 is 5.72. The van der Waals surface area contributed by atoms with Gasteiger partial charge in [-0.05, 0) is 29.8 Å². The van der Waals surface area contributed by atoms with E-state index in [9.17, 15) is 9.90 Å². The molecule has 0 aliphatic heterocycles. The first-order chi connectivity index (χ1) is 10.1. The van der Waals surface area contributed by atoms with Gasteiger partial charge in [0.15, 0.2) is 5.78 Å². The molecule has 0 aliphatic rings. The van der Waals surface area contributed by atoms with Crippen LogP contribution < -0.4 is 4.74 Å². The van der Waals surface area contributed by atoms with Crippen LogP contribution in [0, 0.1) is 0 Å². The van der Waals surface area contributed by atoms with Crippen molar-refractivity contribution in [3.8, 4) is 11.5 Å². The quantitative estimate of drug-likeness (QED) is 0.560.